The lowest BCUT2D eigenvalue weighted by Crippen LogP contribution is -2.29. The van der Waals surface area contributed by atoms with Gasteiger partial charge in [0.15, 0.2) is 5.82 Å². The number of rotatable bonds is 8. The molecule has 29 heavy (non-hydrogen) atoms. The van der Waals surface area contributed by atoms with E-state index in [4.69, 9.17) is 16.3 Å². The Kier molecular flexibility index (Phi) is 7.34. The van der Waals surface area contributed by atoms with Crippen LogP contribution < -0.4 is 20.3 Å². The molecule has 0 aliphatic carbocycles. The molecule has 0 aromatic heterocycles. The second-order valence-electron chi connectivity index (χ2n) is 7.16. The number of anilines is 2. The van der Waals surface area contributed by atoms with Crippen LogP contribution in [-0.2, 0) is 0 Å². The summed E-state index contributed by atoms with van der Waals surface area (Å²) in [4.78, 5) is 14.5. The zero-order chi connectivity index (χ0) is 20.8. The minimum Gasteiger partial charge on any atom is -0.494 e. The van der Waals surface area contributed by atoms with Gasteiger partial charge in [0.1, 0.15) is 10.8 Å². The van der Waals surface area contributed by atoms with Crippen molar-refractivity contribution < 1.29 is 13.9 Å². The zero-order valence-electron chi connectivity index (χ0n) is 16.8. The summed E-state index contributed by atoms with van der Waals surface area (Å²) in [6, 6.07) is 10.5. The highest BCUT2D eigenvalue weighted by molar-refractivity contribution is 6.33. The Hall–Kier alpha value is -2.31. The average Bonchev–Trinajstić information content (AvgIpc) is 3.21. The van der Waals surface area contributed by atoms with Gasteiger partial charge >= 0.3 is 0 Å². The molecule has 0 radical (unpaired) electrons. The van der Waals surface area contributed by atoms with Gasteiger partial charge in [0, 0.05) is 24.7 Å². The first kappa shape index (κ1) is 21.4. The van der Waals surface area contributed by atoms with Crippen LogP contribution in [0.5, 0.6) is 5.75 Å². The normalized spacial score (nSPS) is 16.1. The molecule has 2 N–H and O–H groups in total. The molecule has 7 heteroatoms. The maximum atomic E-state index is 14.8. The molecule has 2 aromatic carbocycles. The maximum Gasteiger partial charge on any atom is 0.255 e. The summed E-state index contributed by atoms with van der Waals surface area (Å²) < 4.78 is 20.4. The van der Waals surface area contributed by atoms with Crippen LogP contribution in [0.2, 0.25) is 5.02 Å². The molecular formula is C22H27ClFN3O2. The van der Waals surface area contributed by atoms with Crippen LogP contribution in [0.25, 0.3) is 0 Å². The van der Waals surface area contributed by atoms with E-state index in [1.54, 1.807) is 36.4 Å². The summed E-state index contributed by atoms with van der Waals surface area (Å²) in [7, 11) is 1.92. The molecule has 0 spiro atoms. The Bertz CT molecular complexity index is 845. The van der Waals surface area contributed by atoms with Gasteiger partial charge in [-0.05, 0) is 56.3 Å². The van der Waals surface area contributed by atoms with Crippen molar-refractivity contribution >= 4 is 28.9 Å². The lowest BCUT2D eigenvalue weighted by Gasteiger charge is -2.21. The molecule has 1 aliphatic rings. The first-order valence-corrected chi connectivity index (χ1v) is 10.4. The van der Waals surface area contributed by atoms with Gasteiger partial charge in [-0.15, -0.1) is 0 Å². The van der Waals surface area contributed by atoms with Crippen LogP contribution in [0.3, 0.4) is 0 Å². The van der Waals surface area contributed by atoms with Gasteiger partial charge in [-0.3, -0.25) is 4.79 Å². The van der Waals surface area contributed by atoms with Crippen molar-refractivity contribution in [2.75, 3.05) is 37.0 Å². The van der Waals surface area contributed by atoms with Crippen LogP contribution in [-0.4, -0.2) is 38.7 Å². The van der Waals surface area contributed by atoms with E-state index in [0.29, 0.717) is 29.6 Å². The third-order valence-corrected chi connectivity index (χ3v) is 5.49. The highest BCUT2D eigenvalue weighted by Gasteiger charge is 2.25. The zero-order valence-corrected chi connectivity index (χ0v) is 17.6. The van der Waals surface area contributed by atoms with Crippen molar-refractivity contribution in [3.05, 3.63) is 52.8 Å². The van der Waals surface area contributed by atoms with Crippen LogP contribution in [0.4, 0.5) is 15.8 Å². The minimum absolute atomic E-state index is 0.0271. The Labute approximate surface area is 176 Å². The third kappa shape index (κ3) is 5.19. The monoisotopic (exact) mass is 419 g/mol. The molecule has 3 rings (SSSR count). The SMILES string of the molecule is CCCCOc1ccc(C(=O)Nc2ccc(N3CCC(NC)C3)c(Cl)c2F)cc1. The molecular weight excluding hydrogens is 393 g/mol. The number of ether oxygens (including phenoxy) is 1. The highest BCUT2D eigenvalue weighted by Crippen LogP contribution is 2.34. The number of hydrogen-bond acceptors (Lipinski definition) is 4. The number of carbonyl (C=O) groups is 1. The first-order valence-electron chi connectivity index (χ1n) is 9.98. The van der Waals surface area contributed by atoms with Crippen LogP contribution in [0, 0.1) is 5.82 Å². The Morgan fingerprint density at radius 3 is 2.69 bits per heavy atom. The Morgan fingerprint density at radius 2 is 2.03 bits per heavy atom. The van der Waals surface area contributed by atoms with E-state index in [-0.39, 0.29) is 10.7 Å². The predicted octanol–water partition coefficient (Wildman–Crippen LogP) is 4.71. The van der Waals surface area contributed by atoms with Gasteiger partial charge in [-0.25, -0.2) is 4.39 Å². The van der Waals surface area contributed by atoms with Crippen molar-refractivity contribution in [3.63, 3.8) is 0 Å². The summed E-state index contributed by atoms with van der Waals surface area (Å²) in [5.41, 5.74) is 1.13. The molecule has 1 atom stereocenters. The molecule has 1 fully saturated rings. The van der Waals surface area contributed by atoms with Gasteiger partial charge in [0.2, 0.25) is 0 Å². The van der Waals surface area contributed by atoms with Crippen molar-refractivity contribution in [2.45, 2.75) is 32.2 Å². The van der Waals surface area contributed by atoms with E-state index in [1.807, 2.05) is 7.05 Å². The number of halogens is 2. The van der Waals surface area contributed by atoms with Gasteiger partial charge in [0.05, 0.1) is 18.0 Å². The second kappa shape index (κ2) is 9.94. The molecule has 1 aliphatic heterocycles. The molecule has 2 aromatic rings. The number of likely N-dealkylation sites (N-methyl/N-ethyl adjacent to an activating group) is 1. The maximum absolute atomic E-state index is 14.8. The number of amides is 1. The van der Waals surface area contributed by atoms with Gasteiger partial charge in [-0.1, -0.05) is 24.9 Å². The molecule has 156 valence electrons. The fraction of sp³-hybridized carbons (Fsp3) is 0.409. The first-order chi connectivity index (χ1) is 14.0. The van der Waals surface area contributed by atoms with Crippen molar-refractivity contribution in [1.29, 1.82) is 0 Å². The lowest BCUT2D eigenvalue weighted by molar-refractivity contribution is 0.102. The molecule has 0 saturated carbocycles. The number of nitrogens with one attached hydrogen (secondary N) is 2. The van der Waals surface area contributed by atoms with Crippen LogP contribution >= 0.6 is 11.6 Å². The smallest absolute Gasteiger partial charge is 0.255 e. The average molecular weight is 420 g/mol. The summed E-state index contributed by atoms with van der Waals surface area (Å²) >= 11 is 6.28. The van der Waals surface area contributed by atoms with Crippen molar-refractivity contribution in [1.82, 2.24) is 5.32 Å². The largest absolute Gasteiger partial charge is 0.494 e. The molecule has 1 amide bonds. The quantitative estimate of drug-likeness (QED) is 0.608. The van der Waals surface area contributed by atoms with Gasteiger partial charge < -0.3 is 20.3 Å². The number of carbonyl (C=O) groups excluding carboxylic acids is 1. The summed E-state index contributed by atoms with van der Waals surface area (Å²) in [5, 5.41) is 5.86. The Balaban J connectivity index is 1.67. The summed E-state index contributed by atoms with van der Waals surface area (Å²) in [5.74, 6) is -0.312. The van der Waals surface area contributed by atoms with E-state index in [1.165, 1.54) is 0 Å². The van der Waals surface area contributed by atoms with Gasteiger partial charge in [-0.2, -0.15) is 0 Å². The topological polar surface area (TPSA) is 53.6 Å². The van der Waals surface area contributed by atoms with Crippen molar-refractivity contribution in [3.8, 4) is 5.75 Å². The third-order valence-electron chi connectivity index (χ3n) is 5.13. The summed E-state index contributed by atoms with van der Waals surface area (Å²) in [6.07, 6.45) is 3.01. The van der Waals surface area contributed by atoms with Crippen molar-refractivity contribution in [2.24, 2.45) is 0 Å². The van der Waals surface area contributed by atoms with E-state index in [0.717, 1.165) is 32.4 Å². The minimum atomic E-state index is -0.620. The fourth-order valence-electron chi connectivity index (χ4n) is 3.33. The van der Waals surface area contributed by atoms with E-state index >= 15 is 0 Å². The lowest BCUT2D eigenvalue weighted by atomic mass is 10.2. The number of nitrogens with zero attached hydrogens (tertiary/aromatic N) is 1. The van der Waals surface area contributed by atoms with Crippen LogP contribution in [0.1, 0.15) is 36.5 Å². The highest BCUT2D eigenvalue weighted by atomic mass is 35.5. The van der Waals surface area contributed by atoms with Gasteiger partial charge in [0.25, 0.3) is 5.91 Å². The standard InChI is InChI=1S/C22H27ClFN3O2/c1-3-4-13-29-17-7-5-15(6-8-17)22(28)26-18-9-10-19(20(23)21(18)24)27-12-11-16(14-27)25-2/h5-10,16,25H,3-4,11-14H2,1-2H3,(H,26,28). The summed E-state index contributed by atoms with van der Waals surface area (Å²) in [6.45, 7) is 4.32. The predicted molar refractivity (Wildman–Crippen MR) is 116 cm³/mol. The second-order valence-corrected chi connectivity index (χ2v) is 7.54. The molecule has 1 saturated heterocycles. The molecule has 1 heterocycles. The number of hydrogen-bond donors (Lipinski definition) is 2. The fourth-order valence-corrected chi connectivity index (χ4v) is 3.61. The molecule has 5 nitrogen and oxygen atoms in total. The van der Waals surface area contributed by atoms with E-state index < -0.39 is 11.7 Å². The number of benzene rings is 2. The van der Waals surface area contributed by atoms with E-state index in [9.17, 15) is 9.18 Å². The number of unbranched alkanes of at least 4 members (excludes halogenated alkanes) is 1. The Morgan fingerprint density at radius 1 is 1.28 bits per heavy atom. The molecule has 0 bridgehead atoms. The van der Waals surface area contributed by atoms with E-state index in [2.05, 4.69) is 22.5 Å². The molecule has 1 unspecified atom stereocenters. The van der Waals surface area contributed by atoms with Crippen LogP contribution in [0.15, 0.2) is 36.4 Å².